The van der Waals surface area contributed by atoms with Gasteiger partial charge in [-0.25, -0.2) is 0 Å². The number of aromatic nitrogens is 1. The van der Waals surface area contributed by atoms with E-state index >= 15 is 0 Å². The molecule has 0 aliphatic heterocycles. The largest absolute Gasteiger partial charge is 0.390 e. The van der Waals surface area contributed by atoms with Crippen molar-refractivity contribution in [1.82, 2.24) is 4.57 Å². The van der Waals surface area contributed by atoms with Gasteiger partial charge in [0.15, 0.2) is 5.78 Å². The first kappa shape index (κ1) is 18.4. The Kier molecular flexibility index (Phi) is 5.82. The predicted octanol–water partition coefficient (Wildman–Crippen LogP) is 4.60. The Bertz CT molecular complexity index is 747. The molecule has 136 valence electrons. The van der Waals surface area contributed by atoms with Crippen LogP contribution >= 0.6 is 11.6 Å². The minimum absolute atomic E-state index is 0.0493. The summed E-state index contributed by atoms with van der Waals surface area (Å²) in [7, 11) is 1.66. The molecule has 0 unspecified atom stereocenters. The van der Waals surface area contributed by atoms with E-state index in [1.54, 1.807) is 7.11 Å². The van der Waals surface area contributed by atoms with Gasteiger partial charge in [-0.2, -0.15) is 0 Å². The number of aliphatic hydroxyl groups is 1. The number of fused-ring (bicyclic) bond motifs is 1. The van der Waals surface area contributed by atoms with Crippen LogP contribution in [0.5, 0.6) is 0 Å². The van der Waals surface area contributed by atoms with E-state index in [4.69, 9.17) is 16.3 Å². The molecule has 0 radical (unpaired) electrons. The number of ketones is 1. The van der Waals surface area contributed by atoms with Crippen molar-refractivity contribution in [3.05, 3.63) is 35.0 Å². The summed E-state index contributed by atoms with van der Waals surface area (Å²) in [5, 5.41) is 12.1. The molecule has 1 fully saturated rings. The standard InChI is InChI=1S/C20H26ClNO3/c1-25-13-12-22-14-15(19-16(21)6-5-7-17(19)22)18(23)8-11-20(24)9-3-2-4-10-20/h5-7,14,24H,2-4,8-13H2,1H3. The van der Waals surface area contributed by atoms with E-state index in [-0.39, 0.29) is 5.78 Å². The first-order valence-electron chi connectivity index (χ1n) is 9.06. The molecule has 1 aliphatic carbocycles. The molecule has 5 heteroatoms. The Balaban J connectivity index is 1.83. The second-order valence-corrected chi connectivity index (χ2v) is 7.48. The lowest BCUT2D eigenvalue weighted by atomic mass is 9.81. The van der Waals surface area contributed by atoms with Gasteiger partial charge in [-0.05, 0) is 31.4 Å². The molecule has 1 aliphatic rings. The van der Waals surface area contributed by atoms with Crippen molar-refractivity contribution in [1.29, 1.82) is 0 Å². The van der Waals surface area contributed by atoms with Crippen LogP contribution in [0.25, 0.3) is 10.9 Å². The molecule has 4 nitrogen and oxygen atoms in total. The summed E-state index contributed by atoms with van der Waals surface area (Å²) < 4.78 is 7.18. The van der Waals surface area contributed by atoms with Gasteiger partial charge >= 0.3 is 0 Å². The minimum Gasteiger partial charge on any atom is -0.390 e. The number of rotatable bonds is 7. The highest BCUT2D eigenvalue weighted by Gasteiger charge is 2.30. The summed E-state index contributed by atoms with van der Waals surface area (Å²) in [6, 6.07) is 5.69. The summed E-state index contributed by atoms with van der Waals surface area (Å²) in [6.07, 6.45) is 7.64. The van der Waals surface area contributed by atoms with Gasteiger partial charge < -0.3 is 14.4 Å². The van der Waals surface area contributed by atoms with E-state index in [9.17, 15) is 9.90 Å². The molecule has 3 rings (SSSR count). The van der Waals surface area contributed by atoms with Gasteiger partial charge in [0.25, 0.3) is 0 Å². The van der Waals surface area contributed by atoms with Crippen LogP contribution in [-0.4, -0.2) is 34.8 Å². The van der Waals surface area contributed by atoms with E-state index < -0.39 is 5.60 Å². The highest BCUT2D eigenvalue weighted by Crippen LogP contribution is 2.34. The fourth-order valence-electron chi connectivity index (χ4n) is 3.84. The van der Waals surface area contributed by atoms with E-state index in [1.165, 1.54) is 6.42 Å². The van der Waals surface area contributed by atoms with Crippen LogP contribution in [0.1, 0.15) is 55.3 Å². The smallest absolute Gasteiger partial charge is 0.165 e. The summed E-state index contributed by atoms with van der Waals surface area (Å²) in [4.78, 5) is 12.9. The molecule has 1 N–H and O–H groups in total. The number of nitrogens with zero attached hydrogens (tertiary/aromatic N) is 1. The Hall–Kier alpha value is -1.36. The number of hydrogen-bond donors (Lipinski definition) is 1. The topological polar surface area (TPSA) is 51.5 Å². The number of Topliss-reactive ketones (excluding diaryl/α,β-unsaturated/α-hetero) is 1. The lowest BCUT2D eigenvalue weighted by Gasteiger charge is -2.31. The van der Waals surface area contributed by atoms with E-state index in [0.29, 0.717) is 36.6 Å². The molecule has 1 saturated carbocycles. The maximum Gasteiger partial charge on any atom is 0.165 e. The fraction of sp³-hybridized carbons (Fsp3) is 0.550. The highest BCUT2D eigenvalue weighted by atomic mass is 35.5. The first-order valence-corrected chi connectivity index (χ1v) is 9.44. The second-order valence-electron chi connectivity index (χ2n) is 7.07. The third kappa shape index (κ3) is 4.08. The van der Waals surface area contributed by atoms with Gasteiger partial charge in [-0.1, -0.05) is 36.9 Å². The molecule has 2 aromatic rings. The van der Waals surface area contributed by atoms with E-state index in [1.807, 2.05) is 29.0 Å². The normalized spacial score (nSPS) is 17.1. The van der Waals surface area contributed by atoms with E-state index in [2.05, 4.69) is 0 Å². The van der Waals surface area contributed by atoms with Crippen molar-refractivity contribution in [2.24, 2.45) is 0 Å². The summed E-state index contributed by atoms with van der Waals surface area (Å²) in [6.45, 7) is 1.24. The number of carbonyl (C=O) groups is 1. The monoisotopic (exact) mass is 363 g/mol. The lowest BCUT2D eigenvalue weighted by molar-refractivity contribution is -0.00454. The zero-order valence-electron chi connectivity index (χ0n) is 14.8. The fourth-order valence-corrected chi connectivity index (χ4v) is 4.11. The van der Waals surface area contributed by atoms with Crippen molar-refractivity contribution in [2.45, 2.75) is 57.1 Å². The van der Waals surface area contributed by atoms with E-state index in [0.717, 1.165) is 36.6 Å². The van der Waals surface area contributed by atoms with Crippen molar-refractivity contribution in [2.75, 3.05) is 13.7 Å². The Morgan fingerprint density at radius 3 is 2.80 bits per heavy atom. The third-order valence-corrected chi connectivity index (χ3v) is 5.61. The third-order valence-electron chi connectivity index (χ3n) is 5.29. The molecular weight excluding hydrogens is 338 g/mol. The van der Waals surface area contributed by atoms with Gasteiger partial charge in [0.05, 0.1) is 22.7 Å². The van der Waals surface area contributed by atoms with Crippen LogP contribution < -0.4 is 0 Å². The average molecular weight is 364 g/mol. The van der Waals surface area contributed by atoms with Crippen molar-refractivity contribution in [3.8, 4) is 0 Å². The average Bonchev–Trinajstić information content (AvgIpc) is 2.99. The SMILES string of the molecule is COCCn1cc(C(=O)CCC2(O)CCCCC2)c2c(Cl)cccc21. The zero-order chi connectivity index (χ0) is 17.9. The quantitative estimate of drug-likeness (QED) is 0.731. The van der Waals surface area contributed by atoms with Crippen LogP contribution in [0.3, 0.4) is 0 Å². The summed E-state index contributed by atoms with van der Waals surface area (Å²) in [5.41, 5.74) is 0.923. The molecule has 1 heterocycles. The number of hydrogen-bond acceptors (Lipinski definition) is 3. The van der Waals surface area contributed by atoms with Gasteiger partial charge in [-0.15, -0.1) is 0 Å². The molecule has 0 spiro atoms. The molecule has 1 aromatic heterocycles. The molecule has 0 saturated heterocycles. The van der Waals surface area contributed by atoms with Gasteiger partial charge in [0.1, 0.15) is 0 Å². The molecule has 25 heavy (non-hydrogen) atoms. The molecule has 1 aromatic carbocycles. The zero-order valence-corrected chi connectivity index (χ0v) is 15.5. The summed E-state index contributed by atoms with van der Waals surface area (Å²) >= 11 is 6.38. The number of methoxy groups -OCH3 is 1. The number of benzene rings is 1. The maximum atomic E-state index is 12.9. The minimum atomic E-state index is -0.674. The predicted molar refractivity (Wildman–Crippen MR) is 100 cm³/mol. The van der Waals surface area contributed by atoms with Crippen molar-refractivity contribution >= 4 is 28.3 Å². The van der Waals surface area contributed by atoms with Crippen molar-refractivity contribution in [3.63, 3.8) is 0 Å². The van der Waals surface area contributed by atoms with Gasteiger partial charge in [0.2, 0.25) is 0 Å². The van der Waals surface area contributed by atoms with Crippen LogP contribution in [0.2, 0.25) is 5.02 Å². The first-order chi connectivity index (χ1) is 12.0. The molecular formula is C20H26ClNO3. The lowest BCUT2D eigenvalue weighted by Crippen LogP contribution is -2.31. The number of halogens is 1. The summed E-state index contributed by atoms with van der Waals surface area (Å²) in [5.74, 6) is 0.0493. The number of ether oxygens (including phenoxy) is 1. The van der Waals surface area contributed by atoms with Crippen LogP contribution in [0, 0.1) is 0 Å². The van der Waals surface area contributed by atoms with Crippen LogP contribution in [-0.2, 0) is 11.3 Å². The van der Waals surface area contributed by atoms with Gasteiger partial charge in [0, 0.05) is 37.2 Å². The van der Waals surface area contributed by atoms with Crippen molar-refractivity contribution < 1.29 is 14.6 Å². The maximum absolute atomic E-state index is 12.9. The Morgan fingerprint density at radius 1 is 1.32 bits per heavy atom. The Labute approximate surface area is 153 Å². The molecule has 0 amide bonds. The van der Waals surface area contributed by atoms with Crippen LogP contribution in [0.4, 0.5) is 0 Å². The van der Waals surface area contributed by atoms with Gasteiger partial charge in [-0.3, -0.25) is 4.79 Å². The van der Waals surface area contributed by atoms with Crippen LogP contribution in [0.15, 0.2) is 24.4 Å². The molecule has 0 atom stereocenters. The number of carbonyl (C=O) groups excluding carboxylic acids is 1. The Morgan fingerprint density at radius 2 is 2.08 bits per heavy atom. The highest BCUT2D eigenvalue weighted by molar-refractivity contribution is 6.37. The molecule has 0 bridgehead atoms. The second kappa shape index (κ2) is 7.90.